The molecule has 0 aromatic carbocycles. The molecule has 1 heterocycles. The molecule has 4 heteroatoms. The third-order valence-corrected chi connectivity index (χ3v) is 3.35. The molecule has 0 radical (unpaired) electrons. The van der Waals surface area contributed by atoms with Gasteiger partial charge in [-0.15, -0.1) is 0 Å². The van der Waals surface area contributed by atoms with E-state index in [4.69, 9.17) is 5.26 Å². The molecule has 1 aromatic rings. The van der Waals surface area contributed by atoms with Crippen LogP contribution in [0.2, 0.25) is 0 Å². The van der Waals surface area contributed by atoms with Crippen LogP contribution in [0, 0.1) is 16.7 Å². The quantitative estimate of drug-likeness (QED) is 0.732. The molecule has 1 fully saturated rings. The number of nitrogens with zero attached hydrogens (tertiary/aromatic N) is 3. The molecule has 1 aromatic heterocycles. The Morgan fingerprint density at radius 1 is 1.59 bits per heavy atom. The molecule has 0 unspecified atom stereocenters. The van der Waals surface area contributed by atoms with Crippen molar-refractivity contribution in [2.24, 2.45) is 5.41 Å². The van der Waals surface area contributed by atoms with Crippen LogP contribution in [0.5, 0.6) is 0 Å². The molecular formula is C13H20N4. The van der Waals surface area contributed by atoms with Crippen LogP contribution in [-0.2, 0) is 13.1 Å². The van der Waals surface area contributed by atoms with Crippen LogP contribution in [0.4, 0.5) is 0 Å². The lowest BCUT2D eigenvalue weighted by Gasteiger charge is -2.10. The Kier molecular flexibility index (Phi) is 3.80. The zero-order valence-corrected chi connectivity index (χ0v) is 10.4. The lowest BCUT2D eigenvalue weighted by atomic mass is 10.0. The van der Waals surface area contributed by atoms with Gasteiger partial charge in [0, 0.05) is 31.1 Å². The van der Waals surface area contributed by atoms with Crippen LogP contribution in [0.3, 0.4) is 0 Å². The van der Waals surface area contributed by atoms with E-state index < -0.39 is 0 Å². The molecular weight excluding hydrogens is 212 g/mol. The summed E-state index contributed by atoms with van der Waals surface area (Å²) in [6.07, 6.45) is 8.17. The van der Waals surface area contributed by atoms with Gasteiger partial charge in [0.25, 0.3) is 0 Å². The number of hydrogen-bond acceptors (Lipinski definition) is 3. The first-order valence-corrected chi connectivity index (χ1v) is 6.36. The topological polar surface area (TPSA) is 53.6 Å². The van der Waals surface area contributed by atoms with Gasteiger partial charge in [-0.25, -0.2) is 4.98 Å². The van der Waals surface area contributed by atoms with Gasteiger partial charge in [0.15, 0.2) is 0 Å². The summed E-state index contributed by atoms with van der Waals surface area (Å²) in [5, 5.41) is 12.1. The SMILES string of the molecule is CCCNCc1cn(CC2(CC#N)CC2)cn1. The van der Waals surface area contributed by atoms with Crippen molar-refractivity contribution in [2.45, 2.75) is 45.7 Å². The highest BCUT2D eigenvalue weighted by molar-refractivity contribution is 5.02. The van der Waals surface area contributed by atoms with Crippen molar-refractivity contribution < 1.29 is 0 Å². The number of hydrogen-bond donors (Lipinski definition) is 1. The fourth-order valence-corrected chi connectivity index (χ4v) is 2.10. The molecule has 1 aliphatic rings. The number of nitrogens with one attached hydrogen (secondary N) is 1. The smallest absolute Gasteiger partial charge is 0.0950 e. The second kappa shape index (κ2) is 5.33. The molecule has 92 valence electrons. The Labute approximate surface area is 103 Å². The summed E-state index contributed by atoms with van der Waals surface area (Å²) in [5.41, 5.74) is 1.34. The third-order valence-electron chi connectivity index (χ3n) is 3.35. The largest absolute Gasteiger partial charge is 0.337 e. The number of nitriles is 1. The van der Waals surface area contributed by atoms with E-state index in [1.807, 2.05) is 6.33 Å². The predicted octanol–water partition coefficient (Wildman–Crippen LogP) is 2.08. The third kappa shape index (κ3) is 3.31. The molecule has 0 atom stereocenters. The van der Waals surface area contributed by atoms with Gasteiger partial charge in [0.1, 0.15) is 0 Å². The Morgan fingerprint density at radius 2 is 2.41 bits per heavy atom. The Bertz CT molecular complexity index is 398. The Hall–Kier alpha value is -1.34. The van der Waals surface area contributed by atoms with Crippen LogP contribution in [0.25, 0.3) is 0 Å². The average Bonchev–Trinajstić information content (AvgIpc) is 2.91. The van der Waals surface area contributed by atoms with Crippen molar-refractivity contribution in [1.82, 2.24) is 14.9 Å². The first kappa shape index (κ1) is 12.1. The highest BCUT2D eigenvalue weighted by Crippen LogP contribution is 2.49. The second-order valence-corrected chi connectivity index (χ2v) is 5.05. The van der Waals surface area contributed by atoms with E-state index in [1.54, 1.807) is 0 Å². The van der Waals surface area contributed by atoms with Gasteiger partial charge in [-0.2, -0.15) is 5.26 Å². The number of imidazole rings is 1. The average molecular weight is 232 g/mol. The highest BCUT2D eigenvalue weighted by atomic mass is 15.1. The van der Waals surface area contributed by atoms with Crippen molar-refractivity contribution in [3.8, 4) is 6.07 Å². The minimum absolute atomic E-state index is 0.254. The van der Waals surface area contributed by atoms with Crippen LogP contribution < -0.4 is 5.32 Å². The summed E-state index contributed by atoms with van der Waals surface area (Å²) in [7, 11) is 0. The van der Waals surface area contributed by atoms with Crippen LogP contribution in [-0.4, -0.2) is 16.1 Å². The van der Waals surface area contributed by atoms with Crippen LogP contribution >= 0.6 is 0 Å². The molecule has 0 bridgehead atoms. The highest BCUT2D eigenvalue weighted by Gasteiger charge is 2.42. The molecule has 1 N–H and O–H groups in total. The number of rotatable bonds is 7. The van der Waals surface area contributed by atoms with Crippen molar-refractivity contribution in [2.75, 3.05) is 6.54 Å². The minimum Gasteiger partial charge on any atom is -0.337 e. The maximum absolute atomic E-state index is 8.78. The molecule has 0 spiro atoms. The zero-order chi connectivity index (χ0) is 12.1. The molecule has 1 saturated carbocycles. The van der Waals surface area contributed by atoms with E-state index in [2.05, 4.69) is 34.1 Å². The zero-order valence-electron chi connectivity index (χ0n) is 10.4. The van der Waals surface area contributed by atoms with E-state index >= 15 is 0 Å². The van der Waals surface area contributed by atoms with Crippen molar-refractivity contribution >= 4 is 0 Å². The molecule has 17 heavy (non-hydrogen) atoms. The maximum Gasteiger partial charge on any atom is 0.0950 e. The van der Waals surface area contributed by atoms with Gasteiger partial charge in [0.2, 0.25) is 0 Å². The van der Waals surface area contributed by atoms with E-state index in [-0.39, 0.29) is 5.41 Å². The maximum atomic E-state index is 8.78. The summed E-state index contributed by atoms with van der Waals surface area (Å²) >= 11 is 0. The van der Waals surface area contributed by atoms with E-state index in [0.717, 1.165) is 31.7 Å². The number of aromatic nitrogens is 2. The summed E-state index contributed by atoms with van der Waals surface area (Å²) in [6, 6.07) is 2.29. The van der Waals surface area contributed by atoms with Gasteiger partial charge in [-0.05, 0) is 25.8 Å². The fraction of sp³-hybridized carbons (Fsp3) is 0.692. The summed E-state index contributed by atoms with van der Waals surface area (Å²) in [6.45, 7) is 4.98. The molecule has 2 rings (SSSR count). The monoisotopic (exact) mass is 232 g/mol. The Morgan fingerprint density at radius 3 is 3.06 bits per heavy atom. The summed E-state index contributed by atoms with van der Waals surface area (Å²) in [5.74, 6) is 0. The standard InChI is InChI=1S/C13H20N4/c1-2-7-15-8-12-9-17(11-16-12)10-13(3-4-13)5-6-14/h9,11,15H,2-5,7-8,10H2,1H3. The molecule has 0 amide bonds. The second-order valence-electron chi connectivity index (χ2n) is 5.05. The predicted molar refractivity (Wildman–Crippen MR) is 66.1 cm³/mol. The van der Waals surface area contributed by atoms with E-state index in [9.17, 15) is 0 Å². The van der Waals surface area contributed by atoms with Gasteiger partial charge < -0.3 is 9.88 Å². The normalized spacial score (nSPS) is 16.7. The van der Waals surface area contributed by atoms with Crippen LogP contribution in [0.1, 0.15) is 38.3 Å². The van der Waals surface area contributed by atoms with Gasteiger partial charge >= 0.3 is 0 Å². The van der Waals surface area contributed by atoms with Gasteiger partial charge in [0.05, 0.1) is 18.1 Å². The Balaban J connectivity index is 1.84. The van der Waals surface area contributed by atoms with Crippen LogP contribution in [0.15, 0.2) is 12.5 Å². The molecule has 0 saturated heterocycles. The van der Waals surface area contributed by atoms with Crippen molar-refractivity contribution in [3.63, 3.8) is 0 Å². The fourth-order valence-electron chi connectivity index (χ4n) is 2.10. The minimum atomic E-state index is 0.254. The van der Waals surface area contributed by atoms with E-state index in [1.165, 1.54) is 12.8 Å². The lowest BCUT2D eigenvalue weighted by molar-refractivity contribution is 0.431. The summed E-state index contributed by atoms with van der Waals surface area (Å²) in [4.78, 5) is 4.38. The first-order valence-electron chi connectivity index (χ1n) is 6.36. The molecule has 0 aliphatic heterocycles. The van der Waals surface area contributed by atoms with Crippen molar-refractivity contribution in [1.29, 1.82) is 5.26 Å². The summed E-state index contributed by atoms with van der Waals surface area (Å²) < 4.78 is 2.13. The molecule has 4 nitrogen and oxygen atoms in total. The van der Waals surface area contributed by atoms with E-state index in [0.29, 0.717) is 6.42 Å². The van der Waals surface area contributed by atoms with Crippen molar-refractivity contribution in [3.05, 3.63) is 18.2 Å². The lowest BCUT2D eigenvalue weighted by Crippen LogP contribution is -2.14. The molecule has 1 aliphatic carbocycles. The first-order chi connectivity index (χ1) is 8.28. The van der Waals surface area contributed by atoms with Gasteiger partial charge in [-0.3, -0.25) is 0 Å². The van der Waals surface area contributed by atoms with Gasteiger partial charge in [-0.1, -0.05) is 6.92 Å².